The highest BCUT2D eigenvalue weighted by Crippen LogP contribution is 2.39. The number of aromatic nitrogens is 2. The number of hydrogen-bond acceptors (Lipinski definition) is 2. The molecule has 20 heavy (non-hydrogen) atoms. The molecule has 4 heteroatoms. The lowest BCUT2D eigenvalue weighted by Crippen LogP contribution is -2.25. The first-order chi connectivity index (χ1) is 9.79. The van der Waals surface area contributed by atoms with Gasteiger partial charge >= 0.3 is 0 Å². The molecule has 1 heterocycles. The van der Waals surface area contributed by atoms with Gasteiger partial charge in [-0.25, -0.2) is 4.68 Å². The first-order valence-electron chi connectivity index (χ1n) is 6.84. The molecule has 0 aliphatic heterocycles. The Morgan fingerprint density at radius 3 is 2.80 bits per heavy atom. The molecule has 0 saturated heterocycles. The monoisotopic (exact) mass is 267 g/mol. The number of nitrogens with zero attached hydrogens (tertiary/aromatic N) is 2. The largest absolute Gasteiger partial charge is 0.347 e. The Morgan fingerprint density at radius 2 is 2.15 bits per heavy atom. The predicted octanol–water partition coefficient (Wildman–Crippen LogP) is 2.67. The molecule has 1 saturated carbocycles. The summed E-state index contributed by atoms with van der Waals surface area (Å²) in [7, 11) is 0. The van der Waals surface area contributed by atoms with Crippen LogP contribution in [0.5, 0.6) is 0 Å². The molecule has 1 aliphatic carbocycles. The molecule has 0 atom stereocenters. The van der Waals surface area contributed by atoms with E-state index in [4.69, 9.17) is 0 Å². The van der Waals surface area contributed by atoms with Crippen molar-refractivity contribution < 1.29 is 4.79 Å². The molecule has 1 amide bonds. The van der Waals surface area contributed by atoms with Crippen LogP contribution >= 0.6 is 0 Å². The lowest BCUT2D eigenvalue weighted by atomic mass is 10.2. The number of amides is 1. The number of carbonyl (C=O) groups excluding carboxylic acids is 1. The Balaban J connectivity index is 1.98. The van der Waals surface area contributed by atoms with E-state index in [0.29, 0.717) is 18.2 Å². The van der Waals surface area contributed by atoms with Crippen molar-refractivity contribution in [3.63, 3.8) is 0 Å². The van der Waals surface area contributed by atoms with Crippen LogP contribution in [0.4, 0.5) is 0 Å². The second kappa shape index (κ2) is 5.33. The Morgan fingerprint density at radius 1 is 1.40 bits per heavy atom. The molecule has 0 spiro atoms. The van der Waals surface area contributed by atoms with Crippen molar-refractivity contribution >= 4 is 5.91 Å². The van der Waals surface area contributed by atoms with Crippen LogP contribution in [0.3, 0.4) is 0 Å². The minimum Gasteiger partial charge on any atom is -0.347 e. The van der Waals surface area contributed by atoms with Gasteiger partial charge in [-0.1, -0.05) is 24.3 Å². The number of carbonyl (C=O) groups is 1. The van der Waals surface area contributed by atoms with Crippen LogP contribution in [0.25, 0.3) is 5.69 Å². The topological polar surface area (TPSA) is 46.9 Å². The van der Waals surface area contributed by atoms with Gasteiger partial charge in [-0.3, -0.25) is 4.79 Å². The number of nitrogens with one attached hydrogen (secondary N) is 1. The second-order valence-electron chi connectivity index (χ2n) is 4.97. The van der Waals surface area contributed by atoms with E-state index in [1.54, 1.807) is 10.8 Å². The molecule has 1 aromatic carbocycles. The van der Waals surface area contributed by atoms with Crippen molar-refractivity contribution in [2.45, 2.75) is 18.8 Å². The van der Waals surface area contributed by atoms with Gasteiger partial charge in [0.15, 0.2) is 0 Å². The molecule has 1 aliphatic rings. The predicted molar refractivity (Wildman–Crippen MR) is 78.1 cm³/mol. The van der Waals surface area contributed by atoms with Crippen LogP contribution < -0.4 is 5.32 Å². The minimum atomic E-state index is -0.117. The molecule has 1 N–H and O–H groups in total. The van der Waals surface area contributed by atoms with Crippen LogP contribution in [0.15, 0.2) is 49.1 Å². The van der Waals surface area contributed by atoms with Crippen LogP contribution in [0, 0.1) is 0 Å². The van der Waals surface area contributed by atoms with E-state index in [1.165, 1.54) is 12.8 Å². The van der Waals surface area contributed by atoms with Gasteiger partial charge in [-0.2, -0.15) is 5.10 Å². The molecule has 0 bridgehead atoms. The highest BCUT2D eigenvalue weighted by atomic mass is 16.2. The second-order valence-corrected chi connectivity index (χ2v) is 4.97. The third-order valence-corrected chi connectivity index (χ3v) is 3.36. The maximum Gasteiger partial charge on any atom is 0.270 e. The summed E-state index contributed by atoms with van der Waals surface area (Å²) in [6, 6.07) is 11.6. The highest BCUT2D eigenvalue weighted by Gasteiger charge is 2.28. The summed E-state index contributed by atoms with van der Waals surface area (Å²) in [6.07, 6.45) is 4.00. The fourth-order valence-corrected chi connectivity index (χ4v) is 2.16. The van der Waals surface area contributed by atoms with Crippen molar-refractivity contribution in [2.75, 3.05) is 6.54 Å². The molecule has 1 aromatic heterocycles. The molecule has 2 aromatic rings. The summed E-state index contributed by atoms with van der Waals surface area (Å²) >= 11 is 0. The Bertz CT molecular complexity index is 626. The standard InChI is InChI=1S/C16H17N3O/c1-2-10-17-16(20)15-11-14(12-8-9-12)18-19(15)13-6-4-3-5-7-13/h2-7,11-12H,1,8-10H2,(H,17,20). The zero-order valence-electron chi connectivity index (χ0n) is 11.2. The summed E-state index contributed by atoms with van der Waals surface area (Å²) in [5, 5.41) is 7.42. The van der Waals surface area contributed by atoms with Gasteiger partial charge in [0.25, 0.3) is 5.91 Å². The van der Waals surface area contributed by atoms with Gasteiger partial charge in [0.2, 0.25) is 0 Å². The molecule has 3 rings (SSSR count). The number of para-hydroxylation sites is 1. The minimum absolute atomic E-state index is 0.117. The van der Waals surface area contributed by atoms with Crippen molar-refractivity contribution in [1.29, 1.82) is 0 Å². The molecule has 102 valence electrons. The first-order valence-corrected chi connectivity index (χ1v) is 6.84. The van der Waals surface area contributed by atoms with Crippen molar-refractivity contribution in [1.82, 2.24) is 15.1 Å². The molecular weight excluding hydrogens is 250 g/mol. The Kier molecular flexibility index (Phi) is 3.37. The van der Waals surface area contributed by atoms with Crippen LogP contribution in [0.2, 0.25) is 0 Å². The Labute approximate surface area is 118 Å². The summed E-state index contributed by atoms with van der Waals surface area (Å²) < 4.78 is 1.73. The normalized spacial score (nSPS) is 14.0. The lowest BCUT2D eigenvalue weighted by Gasteiger charge is -2.06. The summed E-state index contributed by atoms with van der Waals surface area (Å²) in [6.45, 7) is 4.07. The zero-order chi connectivity index (χ0) is 13.9. The zero-order valence-corrected chi connectivity index (χ0v) is 11.2. The van der Waals surface area contributed by atoms with Crippen LogP contribution in [-0.4, -0.2) is 22.2 Å². The van der Waals surface area contributed by atoms with Gasteiger partial charge in [-0.15, -0.1) is 6.58 Å². The van der Waals surface area contributed by atoms with E-state index in [9.17, 15) is 4.79 Å². The molecule has 1 fully saturated rings. The van der Waals surface area contributed by atoms with E-state index < -0.39 is 0 Å². The van der Waals surface area contributed by atoms with Crippen molar-refractivity contribution in [2.24, 2.45) is 0 Å². The molecule has 4 nitrogen and oxygen atoms in total. The molecule has 0 unspecified atom stereocenters. The highest BCUT2D eigenvalue weighted by molar-refractivity contribution is 5.93. The number of benzene rings is 1. The fraction of sp³-hybridized carbons (Fsp3) is 0.250. The summed E-state index contributed by atoms with van der Waals surface area (Å²) in [4.78, 5) is 12.2. The van der Waals surface area contributed by atoms with E-state index in [0.717, 1.165) is 11.4 Å². The Hall–Kier alpha value is -2.36. The SMILES string of the molecule is C=CCNC(=O)c1cc(C2CC2)nn1-c1ccccc1. The van der Waals surface area contributed by atoms with Crippen molar-refractivity contribution in [3.05, 3.63) is 60.4 Å². The van der Waals surface area contributed by atoms with Crippen LogP contribution in [-0.2, 0) is 0 Å². The van der Waals surface area contributed by atoms with Gasteiger partial charge in [0.1, 0.15) is 5.69 Å². The molecule has 0 radical (unpaired) electrons. The number of hydrogen-bond donors (Lipinski definition) is 1. The third-order valence-electron chi connectivity index (χ3n) is 3.36. The van der Waals surface area contributed by atoms with Crippen LogP contribution in [0.1, 0.15) is 34.9 Å². The van der Waals surface area contributed by atoms with Gasteiger partial charge in [-0.05, 0) is 31.0 Å². The maximum absolute atomic E-state index is 12.2. The average Bonchev–Trinajstić information content (AvgIpc) is 3.24. The van der Waals surface area contributed by atoms with E-state index in [-0.39, 0.29) is 5.91 Å². The third kappa shape index (κ3) is 2.50. The lowest BCUT2D eigenvalue weighted by molar-refractivity contribution is 0.0950. The summed E-state index contributed by atoms with van der Waals surface area (Å²) in [5.74, 6) is 0.402. The van der Waals surface area contributed by atoms with Gasteiger partial charge in [0.05, 0.1) is 11.4 Å². The smallest absolute Gasteiger partial charge is 0.270 e. The van der Waals surface area contributed by atoms with Crippen molar-refractivity contribution in [3.8, 4) is 5.69 Å². The first kappa shape index (κ1) is 12.7. The quantitative estimate of drug-likeness (QED) is 0.847. The van der Waals surface area contributed by atoms with E-state index >= 15 is 0 Å². The fourth-order valence-electron chi connectivity index (χ4n) is 2.16. The summed E-state index contributed by atoms with van der Waals surface area (Å²) in [5.41, 5.74) is 2.50. The molecular formula is C16H17N3O. The van der Waals surface area contributed by atoms with Gasteiger partial charge in [0, 0.05) is 12.5 Å². The van der Waals surface area contributed by atoms with Gasteiger partial charge < -0.3 is 5.32 Å². The number of rotatable bonds is 5. The average molecular weight is 267 g/mol. The van der Waals surface area contributed by atoms with E-state index in [2.05, 4.69) is 17.0 Å². The van der Waals surface area contributed by atoms with E-state index in [1.807, 2.05) is 36.4 Å². The maximum atomic E-state index is 12.2.